The van der Waals surface area contributed by atoms with E-state index in [2.05, 4.69) is 9.88 Å². The van der Waals surface area contributed by atoms with Gasteiger partial charge in [-0.1, -0.05) is 18.2 Å². The molecule has 2 aromatic rings. The Kier molecular flexibility index (Phi) is 4.46. The van der Waals surface area contributed by atoms with Crippen LogP contribution in [-0.2, 0) is 11.3 Å². The number of carbonyl (C=O) groups is 1. The van der Waals surface area contributed by atoms with Crippen molar-refractivity contribution in [2.75, 3.05) is 26.3 Å². The van der Waals surface area contributed by atoms with Crippen LogP contribution in [0.3, 0.4) is 0 Å². The number of primary amides is 1. The summed E-state index contributed by atoms with van der Waals surface area (Å²) in [7, 11) is 0. The minimum absolute atomic E-state index is 0.418. The van der Waals surface area contributed by atoms with Crippen LogP contribution < -0.4 is 5.73 Å². The van der Waals surface area contributed by atoms with E-state index in [1.807, 2.05) is 30.5 Å². The number of hydrogen-bond donors (Lipinski definition) is 1. The van der Waals surface area contributed by atoms with Crippen LogP contribution in [0.5, 0.6) is 0 Å². The van der Waals surface area contributed by atoms with E-state index in [4.69, 9.17) is 10.5 Å². The van der Waals surface area contributed by atoms with Crippen LogP contribution in [0.25, 0.3) is 11.1 Å². The first-order valence-electron chi connectivity index (χ1n) is 7.37. The van der Waals surface area contributed by atoms with Gasteiger partial charge in [0.15, 0.2) is 0 Å². The van der Waals surface area contributed by atoms with Crippen molar-refractivity contribution >= 4 is 5.91 Å². The van der Waals surface area contributed by atoms with E-state index in [9.17, 15) is 4.79 Å². The summed E-state index contributed by atoms with van der Waals surface area (Å²) in [6, 6.07) is 11.3. The molecule has 22 heavy (non-hydrogen) atoms. The minimum Gasteiger partial charge on any atom is -0.379 e. The quantitative estimate of drug-likeness (QED) is 0.932. The number of nitrogens with zero attached hydrogens (tertiary/aromatic N) is 2. The summed E-state index contributed by atoms with van der Waals surface area (Å²) in [6.07, 6.45) is 1.84. The number of carbonyl (C=O) groups excluding carboxylic acids is 1. The first-order chi connectivity index (χ1) is 10.7. The zero-order valence-electron chi connectivity index (χ0n) is 12.4. The van der Waals surface area contributed by atoms with Gasteiger partial charge in [0.1, 0.15) is 0 Å². The Morgan fingerprint density at radius 1 is 1.18 bits per heavy atom. The molecule has 0 radical (unpaired) electrons. The van der Waals surface area contributed by atoms with E-state index in [1.54, 1.807) is 12.1 Å². The molecule has 5 nitrogen and oxygen atoms in total. The van der Waals surface area contributed by atoms with Crippen LogP contribution >= 0.6 is 0 Å². The highest BCUT2D eigenvalue weighted by Gasteiger charge is 2.11. The average Bonchev–Trinajstić information content (AvgIpc) is 2.56. The molecule has 1 aliphatic heterocycles. The van der Waals surface area contributed by atoms with E-state index in [0.717, 1.165) is 49.7 Å². The zero-order valence-corrected chi connectivity index (χ0v) is 12.4. The molecule has 1 amide bonds. The lowest BCUT2D eigenvalue weighted by Gasteiger charge is -2.26. The van der Waals surface area contributed by atoms with Crippen molar-refractivity contribution in [3.05, 3.63) is 53.9 Å². The van der Waals surface area contributed by atoms with Gasteiger partial charge in [-0.2, -0.15) is 0 Å². The van der Waals surface area contributed by atoms with Crippen molar-refractivity contribution in [3.8, 4) is 11.1 Å². The van der Waals surface area contributed by atoms with Gasteiger partial charge in [-0.3, -0.25) is 14.7 Å². The summed E-state index contributed by atoms with van der Waals surface area (Å²) >= 11 is 0. The highest BCUT2D eigenvalue weighted by atomic mass is 16.5. The highest BCUT2D eigenvalue weighted by Crippen LogP contribution is 2.20. The molecule has 3 rings (SSSR count). The SMILES string of the molecule is NC(=O)c1cccc(-c2ccc(CN3CCOCC3)nc2)c1. The first kappa shape index (κ1) is 14.7. The van der Waals surface area contributed by atoms with Crippen molar-refractivity contribution in [1.29, 1.82) is 0 Å². The number of morpholine rings is 1. The molecule has 1 aliphatic rings. The Bertz CT molecular complexity index is 649. The Labute approximate surface area is 129 Å². The monoisotopic (exact) mass is 297 g/mol. The molecular formula is C17H19N3O2. The number of amides is 1. The predicted molar refractivity (Wildman–Crippen MR) is 84.3 cm³/mol. The minimum atomic E-state index is -0.418. The number of rotatable bonds is 4. The standard InChI is InChI=1S/C17H19N3O2/c18-17(21)14-3-1-2-13(10-14)15-4-5-16(19-11-15)12-20-6-8-22-9-7-20/h1-5,10-11H,6-9,12H2,(H2,18,21). The summed E-state index contributed by atoms with van der Waals surface area (Å²) in [5.41, 5.74) is 8.79. The van der Waals surface area contributed by atoms with Gasteiger partial charge in [-0.05, 0) is 23.8 Å². The van der Waals surface area contributed by atoms with Crippen molar-refractivity contribution < 1.29 is 9.53 Å². The molecule has 1 aromatic heterocycles. The van der Waals surface area contributed by atoms with Crippen LogP contribution in [0.4, 0.5) is 0 Å². The van der Waals surface area contributed by atoms with Gasteiger partial charge in [-0.15, -0.1) is 0 Å². The fraction of sp³-hybridized carbons (Fsp3) is 0.294. The second-order valence-corrected chi connectivity index (χ2v) is 5.37. The number of nitrogens with two attached hydrogens (primary N) is 1. The second kappa shape index (κ2) is 6.68. The summed E-state index contributed by atoms with van der Waals surface area (Å²) in [4.78, 5) is 18.1. The first-order valence-corrected chi connectivity index (χ1v) is 7.37. The average molecular weight is 297 g/mol. The van der Waals surface area contributed by atoms with Crippen LogP contribution in [0.15, 0.2) is 42.6 Å². The lowest BCUT2D eigenvalue weighted by atomic mass is 10.0. The van der Waals surface area contributed by atoms with Gasteiger partial charge in [0.25, 0.3) is 0 Å². The molecule has 1 aromatic carbocycles. The molecule has 2 N–H and O–H groups in total. The zero-order chi connectivity index (χ0) is 15.4. The number of hydrogen-bond acceptors (Lipinski definition) is 4. The van der Waals surface area contributed by atoms with Crippen molar-refractivity contribution in [2.45, 2.75) is 6.54 Å². The van der Waals surface area contributed by atoms with Gasteiger partial charge < -0.3 is 10.5 Å². The maximum atomic E-state index is 11.3. The summed E-state index contributed by atoms with van der Waals surface area (Å²) in [5, 5.41) is 0. The third kappa shape index (κ3) is 3.50. The third-order valence-electron chi connectivity index (χ3n) is 3.79. The maximum absolute atomic E-state index is 11.3. The molecule has 0 unspecified atom stereocenters. The van der Waals surface area contributed by atoms with Crippen LogP contribution in [-0.4, -0.2) is 42.1 Å². The van der Waals surface area contributed by atoms with Crippen molar-refractivity contribution in [3.63, 3.8) is 0 Å². The number of benzene rings is 1. The van der Waals surface area contributed by atoms with Gasteiger partial charge in [0, 0.05) is 37.0 Å². The normalized spacial score (nSPS) is 15.6. The lowest BCUT2D eigenvalue weighted by molar-refractivity contribution is 0.0336. The second-order valence-electron chi connectivity index (χ2n) is 5.37. The summed E-state index contributed by atoms with van der Waals surface area (Å²) in [5.74, 6) is -0.418. The van der Waals surface area contributed by atoms with Crippen LogP contribution in [0.1, 0.15) is 16.1 Å². The van der Waals surface area contributed by atoms with E-state index in [0.29, 0.717) is 5.56 Å². The Hall–Kier alpha value is -2.24. The Balaban J connectivity index is 1.73. The van der Waals surface area contributed by atoms with E-state index in [1.165, 1.54) is 0 Å². The molecule has 0 aliphatic carbocycles. The molecule has 114 valence electrons. The lowest BCUT2D eigenvalue weighted by Crippen LogP contribution is -2.35. The van der Waals surface area contributed by atoms with E-state index < -0.39 is 5.91 Å². The van der Waals surface area contributed by atoms with E-state index in [-0.39, 0.29) is 0 Å². The third-order valence-corrected chi connectivity index (χ3v) is 3.79. The number of ether oxygens (including phenoxy) is 1. The molecule has 1 fully saturated rings. The van der Waals surface area contributed by atoms with Crippen LogP contribution in [0, 0.1) is 0 Å². The van der Waals surface area contributed by atoms with Gasteiger partial charge in [-0.25, -0.2) is 0 Å². The Morgan fingerprint density at radius 2 is 2.00 bits per heavy atom. The van der Waals surface area contributed by atoms with Crippen molar-refractivity contribution in [2.24, 2.45) is 5.73 Å². The van der Waals surface area contributed by atoms with Gasteiger partial charge in [0.2, 0.25) is 5.91 Å². The van der Waals surface area contributed by atoms with Crippen LogP contribution in [0.2, 0.25) is 0 Å². The van der Waals surface area contributed by atoms with Gasteiger partial charge in [0.05, 0.1) is 18.9 Å². The summed E-state index contributed by atoms with van der Waals surface area (Å²) in [6.45, 7) is 4.31. The molecule has 5 heteroatoms. The smallest absolute Gasteiger partial charge is 0.248 e. The molecule has 0 spiro atoms. The van der Waals surface area contributed by atoms with Gasteiger partial charge >= 0.3 is 0 Å². The van der Waals surface area contributed by atoms with E-state index >= 15 is 0 Å². The maximum Gasteiger partial charge on any atom is 0.248 e. The fourth-order valence-electron chi connectivity index (χ4n) is 2.53. The largest absolute Gasteiger partial charge is 0.379 e. The fourth-order valence-corrected chi connectivity index (χ4v) is 2.53. The predicted octanol–water partition coefficient (Wildman–Crippen LogP) is 1.68. The highest BCUT2D eigenvalue weighted by molar-refractivity contribution is 5.94. The Morgan fingerprint density at radius 3 is 2.68 bits per heavy atom. The van der Waals surface area contributed by atoms with Crippen molar-refractivity contribution in [1.82, 2.24) is 9.88 Å². The number of pyridine rings is 1. The molecule has 0 atom stereocenters. The topological polar surface area (TPSA) is 68.5 Å². The molecule has 1 saturated heterocycles. The molecule has 0 saturated carbocycles. The molecular weight excluding hydrogens is 278 g/mol. The number of aromatic nitrogens is 1. The molecule has 0 bridgehead atoms. The summed E-state index contributed by atoms with van der Waals surface area (Å²) < 4.78 is 5.35. The molecule has 2 heterocycles.